The van der Waals surface area contributed by atoms with Gasteiger partial charge in [-0.25, -0.2) is 28.3 Å². The summed E-state index contributed by atoms with van der Waals surface area (Å²) < 4.78 is 40.2. The summed E-state index contributed by atoms with van der Waals surface area (Å²) in [5, 5.41) is 18.3. The molecule has 0 bridgehead atoms. The first kappa shape index (κ1) is 26.2. The maximum atomic E-state index is 14.5. The van der Waals surface area contributed by atoms with Crippen LogP contribution in [0, 0.1) is 12.7 Å². The van der Waals surface area contributed by atoms with Crippen molar-refractivity contribution in [1.82, 2.24) is 15.4 Å². The normalized spacial score (nSPS) is 18.0. The van der Waals surface area contributed by atoms with Crippen LogP contribution in [0.3, 0.4) is 0 Å². The van der Waals surface area contributed by atoms with Crippen molar-refractivity contribution in [3.05, 3.63) is 70.8 Å². The second kappa shape index (κ2) is 10.4. The van der Waals surface area contributed by atoms with Gasteiger partial charge in [0.05, 0.1) is 39.7 Å². The minimum Gasteiger partial charge on any atom is -0.394 e. The molecule has 38 heavy (non-hydrogen) atoms. The lowest BCUT2D eigenvalue weighted by Gasteiger charge is -2.26. The number of aromatic nitrogens is 2. The minimum atomic E-state index is -3.44. The van der Waals surface area contributed by atoms with E-state index in [1.54, 1.807) is 37.3 Å². The molecule has 2 aliphatic rings. The Kier molecular flexibility index (Phi) is 7.14. The summed E-state index contributed by atoms with van der Waals surface area (Å²) in [6.07, 6.45) is 0.525. The van der Waals surface area contributed by atoms with Crippen molar-refractivity contribution in [3.63, 3.8) is 0 Å². The molecule has 1 saturated carbocycles. The highest BCUT2D eigenvalue weighted by molar-refractivity contribution is 7.92. The number of aliphatic hydroxyl groups excluding tert-OH is 2. The number of nitrogens with two attached hydrogens (primary N) is 1. The van der Waals surface area contributed by atoms with Crippen molar-refractivity contribution >= 4 is 21.6 Å². The van der Waals surface area contributed by atoms with Gasteiger partial charge in [0.2, 0.25) is 5.95 Å². The van der Waals surface area contributed by atoms with Crippen LogP contribution in [-0.2, 0) is 21.1 Å². The number of hydrogen-bond donors (Lipinski definition) is 4. The number of nitrogens with one attached hydrogen (secondary N) is 1. The average Bonchev–Trinajstić information content (AvgIpc) is 3.74. The third kappa shape index (κ3) is 5.25. The molecular formula is C26H28FN5O5S. The molecule has 5 N–H and O–H groups in total. The van der Waals surface area contributed by atoms with E-state index in [0.717, 1.165) is 0 Å². The molecule has 1 fully saturated rings. The monoisotopic (exact) mass is 541 g/mol. The first-order valence-electron chi connectivity index (χ1n) is 12.2. The quantitative estimate of drug-likeness (QED) is 0.313. The molecule has 0 amide bonds. The molecule has 12 heteroatoms. The lowest BCUT2D eigenvalue weighted by Crippen LogP contribution is -2.34. The van der Waals surface area contributed by atoms with Gasteiger partial charge in [0.15, 0.2) is 15.7 Å². The molecule has 1 aliphatic heterocycles. The highest BCUT2D eigenvalue weighted by Gasteiger charge is 2.37. The van der Waals surface area contributed by atoms with Crippen molar-refractivity contribution in [3.8, 4) is 11.1 Å². The summed E-state index contributed by atoms with van der Waals surface area (Å²) >= 11 is 0. The largest absolute Gasteiger partial charge is 0.394 e. The number of rotatable bonds is 8. The molecule has 0 unspecified atom stereocenters. The molecular weight excluding hydrogens is 513 g/mol. The zero-order chi connectivity index (χ0) is 27.0. The van der Waals surface area contributed by atoms with Crippen LogP contribution in [-0.4, -0.2) is 59.0 Å². The predicted octanol–water partition coefficient (Wildman–Crippen LogP) is 2.03. The van der Waals surface area contributed by atoms with Gasteiger partial charge in [-0.05, 0) is 60.7 Å². The molecule has 1 aliphatic carbocycles. The highest BCUT2D eigenvalue weighted by Crippen LogP contribution is 2.38. The number of amidine groups is 1. The van der Waals surface area contributed by atoms with Gasteiger partial charge in [-0.15, -0.1) is 0 Å². The number of hydrogen-bond acceptors (Lipinski definition) is 10. The molecule has 1 aromatic heterocycles. The number of nitrogen functional groups attached to an aromatic ring is 1. The van der Waals surface area contributed by atoms with Crippen LogP contribution < -0.4 is 11.2 Å². The fraction of sp³-hybridized carbons (Fsp3) is 0.346. The summed E-state index contributed by atoms with van der Waals surface area (Å²) in [6, 6.07) is 10.3. The van der Waals surface area contributed by atoms with Crippen LogP contribution >= 0.6 is 0 Å². The van der Waals surface area contributed by atoms with Crippen molar-refractivity contribution in [2.45, 2.75) is 48.5 Å². The topological polar surface area (TPSA) is 160 Å². The first-order valence-corrected chi connectivity index (χ1v) is 13.7. The second-order valence-corrected chi connectivity index (χ2v) is 11.7. The number of fused-ring (bicyclic) bond motifs is 1. The van der Waals surface area contributed by atoms with Crippen LogP contribution in [0.25, 0.3) is 11.1 Å². The van der Waals surface area contributed by atoms with Crippen molar-refractivity contribution in [2.24, 2.45) is 4.99 Å². The summed E-state index contributed by atoms with van der Waals surface area (Å²) in [5.41, 5.74) is 12.1. The van der Waals surface area contributed by atoms with Crippen LogP contribution in [0.5, 0.6) is 0 Å². The minimum absolute atomic E-state index is 0.0928. The van der Waals surface area contributed by atoms with E-state index in [0.29, 0.717) is 58.7 Å². The Balaban J connectivity index is 1.57. The van der Waals surface area contributed by atoms with E-state index < -0.39 is 34.4 Å². The maximum absolute atomic E-state index is 14.5. The van der Waals surface area contributed by atoms with Gasteiger partial charge >= 0.3 is 0 Å². The Hall–Kier alpha value is -3.45. The van der Waals surface area contributed by atoms with Gasteiger partial charge < -0.3 is 15.9 Å². The average molecular weight is 542 g/mol. The zero-order valence-electron chi connectivity index (χ0n) is 20.6. The maximum Gasteiger partial charge on any atom is 0.220 e. The van der Waals surface area contributed by atoms with Gasteiger partial charge in [0.25, 0.3) is 0 Å². The number of hydroxylamine groups is 1. The number of aryl methyl sites for hydroxylation is 1. The van der Waals surface area contributed by atoms with E-state index in [1.165, 1.54) is 12.1 Å². The van der Waals surface area contributed by atoms with Gasteiger partial charge in [-0.1, -0.05) is 18.2 Å². The Morgan fingerprint density at radius 2 is 2.00 bits per heavy atom. The van der Waals surface area contributed by atoms with Crippen LogP contribution in [0.4, 0.5) is 10.3 Å². The van der Waals surface area contributed by atoms with Crippen LogP contribution in [0.2, 0.25) is 0 Å². The molecule has 0 spiro atoms. The number of sulfone groups is 1. The third-order valence-electron chi connectivity index (χ3n) is 6.56. The van der Waals surface area contributed by atoms with E-state index in [2.05, 4.69) is 15.4 Å². The van der Waals surface area contributed by atoms with E-state index in [-0.39, 0.29) is 22.7 Å². The Labute approximate surface area is 219 Å². The highest BCUT2D eigenvalue weighted by atomic mass is 32.2. The predicted molar refractivity (Wildman–Crippen MR) is 138 cm³/mol. The molecule has 2 heterocycles. The first-order chi connectivity index (χ1) is 18.2. The smallest absolute Gasteiger partial charge is 0.220 e. The summed E-state index contributed by atoms with van der Waals surface area (Å²) in [6.45, 7) is 1.08. The van der Waals surface area contributed by atoms with E-state index in [1.807, 2.05) is 0 Å². The van der Waals surface area contributed by atoms with Crippen LogP contribution in [0.1, 0.15) is 41.4 Å². The van der Waals surface area contributed by atoms with Crippen molar-refractivity contribution in [1.29, 1.82) is 0 Å². The number of aliphatic imine (C=N–C) groups is 1. The molecule has 3 aromatic rings. The van der Waals surface area contributed by atoms with Gasteiger partial charge in [0.1, 0.15) is 18.5 Å². The van der Waals surface area contributed by atoms with E-state index in [4.69, 9.17) is 20.7 Å². The Bertz CT molecular complexity index is 1510. The lowest BCUT2D eigenvalue weighted by atomic mass is 9.90. The Morgan fingerprint density at radius 1 is 1.21 bits per heavy atom. The summed E-state index contributed by atoms with van der Waals surface area (Å²) in [5.74, 6) is -0.0871. The SMILES string of the molecule is Cc1nc(N)nc2c1C(NOC[C@@H](O)CO)=N[C@@H](c1ccc(F)cc1-c1cccc(S(=O)(=O)C3CC3)c1)C2. The fourth-order valence-corrected chi connectivity index (χ4v) is 6.26. The van der Waals surface area contributed by atoms with E-state index in [9.17, 15) is 17.9 Å². The zero-order valence-corrected chi connectivity index (χ0v) is 21.4. The van der Waals surface area contributed by atoms with Crippen LogP contribution in [0.15, 0.2) is 52.4 Å². The third-order valence-corrected chi connectivity index (χ3v) is 8.82. The Morgan fingerprint density at radius 3 is 2.74 bits per heavy atom. The fourth-order valence-electron chi connectivity index (χ4n) is 4.56. The number of nitrogens with zero attached hydrogens (tertiary/aromatic N) is 3. The molecule has 0 radical (unpaired) electrons. The van der Waals surface area contributed by atoms with Gasteiger partial charge in [-0.2, -0.15) is 0 Å². The number of aliphatic hydroxyl groups is 2. The van der Waals surface area contributed by atoms with Crippen molar-refractivity contribution in [2.75, 3.05) is 18.9 Å². The lowest BCUT2D eigenvalue weighted by molar-refractivity contribution is -0.0160. The summed E-state index contributed by atoms with van der Waals surface area (Å²) in [7, 11) is -3.44. The molecule has 2 aromatic carbocycles. The number of anilines is 1. The molecule has 2 atom stereocenters. The number of halogens is 1. The summed E-state index contributed by atoms with van der Waals surface area (Å²) in [4.78, 5) is 19.0. The molecule has 200 valence electrons. The molecule has 0 saturated heterocycles. The molecule has 5 rings (SSSR count). The van der Waals surface area contributed by atoms with Crippen molar-refractivity contribution < 1.29 is 27.9 Å². The van der Waals surface area contributed by atoms with E-state index >= 15 is 0 Å². The van der Waals surface area contributed by atoms with Gasteiger partial charge in [-0.3, -0.25) is 9.83 Å². The van der Waals surface area contributed by atoms with Gasteiger partial charge in [0, 0.05) is 6.42 Å². The molecule has 10 nitrogen and oxygen atoms in total. The number of benzene rings is 2. The second-order valence-electron chi connectivity index (χ2n) is 9.44. The standard InChI is InChI=1S/C26H28FN5O5S/c1-14-24-23(31-26(28)29-14)11-22(30-25(24)32-37-13-17(34)12-33)20-8-5-16(27)10-21(20)15-3-2-4-19(9-15)38(35,36)18-6-7-18/h2-5,8-10,17-18,22,33-34H,6-7,11-13H2,1H3,(H,30,32)(H2,28,29,31)/t17-,22+/m0/s1.